The van der Waals surface area contributed by atoms with Gasteiger partial charge in [0.05, 0.1) is 10.6 Å². The number of furan rings is 1. The van der Waals surface area contributed by atoms with Gasteiger partial charge in [0, 0.05) is 18.5 Å². The number of thiazole rings is 1. The predicted molar refractivity (Wildman–Crippen MR) is 104 cm³/mol. The highest BCUT2D eigenvalue weighted by Gasteiger charge is 2.21. The van der Waals surface area contributed by atoms with Crippen molar-refractivity contribution in [1.82, 2.24) is 9.71 Å². The van der Waals surface area contributed by atoms with E-state index in [1.807, 2.05) is 0 Å². The van der Waals surface area contributed by atoms with E-state index in [-0.39, 0.29) is 17.5 Å². The molecule has 1 amide bonds. The summed E-state index contributed by atoms with van der Waals surface area (Å²) in [6, 6.07) is 9.86. The number of hydrogen-bond acceptors (Lipinski definition) is 6. The van der Waals surface area contributed by atoms with Gasteiger partial charge < -0.3 is 9.73 Å². The van der Waals surface area contributed by atoms with Crippen molar-refractivity contribution in [2.45, 2.75) is 25.5 Å². The second-order valence-electron chi connectivity index (χ2n) is 5.69. The number of nitrogens with one attached hydrogen (secondary N) is 2. The van der Waals surface area contributed by atoms with Crippen LogP contribution >= 0.6 is 22.9 Å². The van der Waals surface area contributed by atoms with Gasteiger partial charge in [-0.05, 0) is 36.8 Å². The molecule has 0 saturated carbocycles. The lowest BCUT2D eigenvalue weighted by atomic mass is 10.2. The lowest BCUT2D eigenvalue weighted by Gasteiger charge is -2.05. The van der Waals surface area contributed by atoms with Crippen LogP contribution in [0, 0.1) is 6.92 Å². The minimum atomic E-state index is -3.83. The Hall–Kier alpha value is -2.20. The van der Waals surface area contributed by atoms with Crippen molar-refractivity contribution in [3.8, 4) is 10.6 Å². The number of aryl methyl sites for hydroxylation is 1. The van der Waals surface area contributed by atoms with E-state index >= 15 is 0 Å². The van der Waals surface area contributed by atoms with Crippen molar-refractivity contribution in [3.63, 3.8) is 0 Å². The van der Waals surface area contributed by atoms with Crippen LogP contribution in [0.5, 0.6) is 0 Å². The molecule has 0 spiro atoms. The maximum absolute atomic E-state index is 12.5. The SMILES string of the molecule is CC(=O)Nc1nc(C)c(-c2ccc(S(=O)(=O)NCc3cccc(Cl)c3)o2)s1. The highest BCUT2D eigenvalue weighted by Crippen LogP contribution is 2.34. The summed E-state index contributed by atoms with van der Waals surface area (Å²) in [7, 11) is -3.83. The second kappa shape index (κ2) is 7.81. The number of benzene rings is 1. The van der Waals surface area contributed by atoms with Crippen LogP contribution in [0.4, 0.5) is 5.13 Å². The molecule has 0 aliphatic carbocycles. The molecule has 2 N–H and O–H groups in total. The molecular formula is C17H16ClN3O4S2. The first-order chi connectivity index (χ1) is 12.7. The molecule has 0 saturated heterocycles. The molecule has 0 fully saturated rings. The van der Waals surface area contributed by atoms with Gasteiger partial charge in [0.15, 0.2) is 5.13 Å². The van der Waals surface area contributed by atoms with Crippen molar-refractivity contribution in [1.29, 1.82) is 0 Å². The van der Waals surface area contributed by atoms with Crippen LogP contribution in [0.15, 0.2) is 45.9 Å². The molecule has 2 aromatic heterocycles. The van der Waals surface area contributed by atoms with Gasteiger partial charge in [-0.15, -0.1) is 0 Å². The second-order valence-corrected chi connectivity index (χ2v) is 8.82. The van der Waals surface area contributed by atoms with Crippen LogP contribution in [-0.4, -0.2) is 19.3 Å². The predicted octanol–water partition coefficient (Wildman–Crippen LogP) is 3.80. The summed E-state index contributed by atoms with van der Waals surface area (Å²) >= 11 is 7.11. The zero-order chi connectivity index (χ0) is 19.6. The topological polar surface area (TPSA) is 101 Å². The van der Waals surface area contributed by atoms with Crippen LogP contribution in [0.25, 0.3) is 10.6 Å². The average Bonchev–Trinajstić information content (AvgIpc) is 3.20. The summed E-state index contributed by atoms with van der Waals surface area (Å²) < 4.78 is 32.9. The van der Waals surface area contributed by atoms with Crippen molar-refractivity contribution in [3.05, 3.63) is 52.7 Å². The van der Waals surface area contributed by atoms with Gasteiger partial charge in [-0.2, -0.15) is 0 Å². The Morgan fingerprint density at radius 2 is 2.07 bits per heavy atom. The van der Waals surface area contributed by atoms with Gasteiger partial charge in [0.2, 0.25) is 11.0 Å². The van der Waals surface area contributed by atoms with E-state index in [1.54, 1.807) is 37.3 Å². The Morgan fingerprint density at radius 3 is 2.78 bits per heavy atom. The minimum absolute atomic E-state index is 0.0885. The fourth-order valence-corrected chi connectivity index (χ4v) is 4.44. The molecule has 0 radical (unpaired) electrons. The molecule has 10 heteroatoms. The molecule has 1 aromatic carbocycles. The summed E-state index contributed by atoms with van der Waals surface area (Å²) in [5, 5.41) is 3.36. The van der Waals surface area contributed by atoms with Crippen LogP contribution in [0.3, 0.4) is 0 Å². The van der Waals surface area contributed by atoms with Gasteiger partial charge in [0.1, 0.15) is 5.76 Å². The third-order valence-corrected chi connectivity index (χ3v) is 6.10. The number of amides is 1. The first-order valence-corrected chi connectivity index (χ1v) is 10.5. The maximum Gasteiger partial charge on any atom is 0.274 e. The summed E-state index contributed by atoms with van der Waals surface area (Å²) in [6.07, 6.45) is 0. The third kappa shape index (κ3) is 4.75. The van der Waals surface area contributed by atoms with Crippen molar-refractivity contribution < 1.29 is 17.6 Å². The zero-order valence-electron chi connectivity index (χ0n) is 14.4. The van der Waals surface area contributed by atoms with Crippen molar-refractivity contribution in [2.24, 2.45) is 0 Å². The largest absolute Gasteiger partial charge is 0.442 e. The van der Waals surface area contributed by atoms with E-state index in [9.17, 15) is 13.2 Å². The third-order valence-electron chi connectivity index (χ3n) is 3.50. The highest BCUT2D eigenvalue weighted by molar-refractivity contribution is 7.89. The van der Waals surface area contributed by atoms with Crippen molar-refractivity contribution in [2.75, 3.05) is 5.32 Å². The van der Waals surface area contributed by atoms with E-state index in [0.717, 1.165) is 5.56 Å². The van der Waals surface area contributed by atoms with Crippen LogP contribution in [-0.2, 0) is 21.4 Å². The number of hydrogen-bond donors (Lipinski definition) is 2. The number of nitrogens with zero attached hydrogens (tertiary/aromatic N) is 1. The fraction of sp³-hybridized carbons (Fsp3) is 0.176. The molecule has 27 heavy (non-hydrogen) atoms. The van der Waals surface area contributed by atoms with E-state index in [0.29, 0.717) is 26.5 Å². The van der Waals surface area contributed by atoms with Gasteiger partial charge in [-0.3, -0.25) is 4.79 Å². The van der Waals surface area contributed by atoms with Crippen LogP contribution in [0.2, 0.25) is 5.02 Å². The first-order valence-electron chi connectivity index (χ1n) is 7.84. The number of sulfonamides is 1. The Balaban J connectivity index is 1.78. The first kappa shape index (κ1) is 19.6. The monoisotopic (exact) mass is 425 g/mol. The van der Waals surface area contributed by atoms with Gasteiger partial charge in [0.25, 0.3) is 10.0 Å². The lowest BCUT2D eigenvalue weighted by Crippen LogP contribution is -2.22. The standard InChI is InChI=1S/C17H16ClN3O4S2/c1-10-16(26-17(20-10)21-11(2)22)14-6-7-15(25-14)27(23,24)19-9-12-4-3-5-13(18)8-12/h3-8,19H,9H2,1-2H3,(H,20,21,22). The Morgan fingerprint density at radius 1 is 1.30 bits per heavy atom. The smallest absolute Gasteiger partial charge is 0.274 e. The molecule has 0 bridgehead atoms. The summed E-state index contributed by atoms with van der Waals surface area (Å²) in [4.78, 5) is 16.0. The van der Waals surface area contributed by atoms with E-state index in [2.05, 4.69) is 15.0 Å². The van der Waals surface area contributed by atoms with E-state index in [4.69, 9.17) is 16.0 Å². The maximum atomic E-state index is 12.5. The van der Waals surface area contributed by atoms with Crippen LogP contribution < -0.4 is 10.0 Å². The number of aromatic nitrogens is 1. The molecule has 2 heterocycles. The zero-order valence-corrected chi connectivity index (χ0v) is 16.8. The molecule has 142 valence electrons. The Bertz CT molecular complexity index is 1090. The number of halogens is 1. The van der Waals surface area contributed by atoms with Crippen molar-refractivity contribution >= 4 is 44.0 Å². The molecule has 3 aromatic rings. The normalized spacial score (nSPS) is 11.5. The Labute approximate surface area is 165 Å². The summed E-state index contributed by atoms with van der Waals surface area (Å²) in [6.45, 7) is 3.23. The number of carbonyl (C=O) groups excluding carboxylic acids is 1. The van der Waals surface area contributed by atoms with Gasteiger partial charge in [-0.1, -0.05) is 35.1 Å². The Kier molecular flexibility index (Phi) is 5.66. The number of carbonyl (C=O) groups is 1. The van der Waals surface area contributed by atoms with Crippen LogP contribution in [0.1, 0.15) is 18.2 Å². The molecule has 3 rings (SSSR count). The lowest BCUT2D eigenvalue weighted by molar-refractivity contribution is -0.114. The molecule has 0 atom stereocenters. The molecular weight excluding hydrogens is 410 g/mol. The fourth-order valence-electron chi connectivity index (χ4n) is 2.31. The average molecular weight is 426 g/mol. The summed E-state index contributed by atoms with van der Waals surface area (Å²) in [5.74, 6) is 0.132. The van der Waals surface area contributed by atoms with E-state index in [1.165, 1.54) is 24.3 Å². The molecule has 7 nitrogen and oxygen atoms in total. The van der Waals surface area contributed by atoms with Gasteiger partial charge >= 0.3 is 0 Å². The van der Waals surface area contributed by atoms with Gasteiger partial charge in [-0.25, -0.2) is 18.1 Å². The molecule has 0 aliphatic rings. The highest BCUT2D eigenvalue weighted by atomic mass is 35.5. The number of rotatable bonds is 6. The minimum Gasteiger partial charge on any atom is -0.442 e. The molecule has 0 unspecified atom stereocenters. The molecule has 0 aliphatic heterocycles. The quantitative estimate of drug-likeness (QED) is 0.625. The summed E-state index contributed by atoms with van der Waals surface area (Å²) in [5.41, 5.74) is 1.37. The van der Waals surface area contributed by atoms with E-state index < -0.39 is 10.0 Å². The number of anilines is 1.